The molecule has 0 amide bonds. The molecule has 7 nitrogen and oxygen atoms in total. The molecular formula is C13H12ClIN4O3. The van der Waals surface area contributed by atoms with Crippen molar-refractivity contribution in [3.05, 3.63) is 27.5 Å². The fraction of sp³-hybridized carbons (Fsp3) is 0.385. The zero-order chi connectivity index (χ0) is 15.7. The van der Waals surface area contributed by atoms with Gasteiger partial charge in [0.25, 0.3) is 0 Å². The van der Waals surface area contributed by atoms with E-state index >= 15 is 0 Å². The van der Waals surface area contributed by atoms with Crippen LogP contribution in [0.15, 0.2) is 18.5 Å². The van der Waals surface area contributed by atoms with Crippen molar-refractivity contribution in [2.75, 3.05) is 6.61 Å². The second-order valence-electron chi connectivity index (χ2n) is 4.63. The molecule has 0 saturated heterocycles. The minimum Gasteiger partial charge on any atom is -0.435 e. The Morgan fingerprint density at radius 2 is 2.32 bits per heavy atom. The molecule has 2 aromatic rings. The molecule has 2 heterocycles. The number of allylic oxidation sites excluding steroid dienone is 1. The van der Waals surface area contributed by atoms with E-state index in [4.69, 9.17) is 21.1 Å². The largest absolute Gasteiger partial charge is 0.508 e. The summed E-state index contributed by atoms with van der Waals surface area (Å²) in [5.74, 6) is 0. The minimum absolute atomic E-state index is 0.00815. The lowest BCUT2D eigenvalue weighted by atomic mass is 10.2. The highest BCUT2D eigenvalue weighted by Crippen LogP contribution is 2.29. The zero-order valence-corrected chi connectivity index (χ0v) is 14.5. The molecule has 0 N–H and O–H groups in total. The molecule has 2 aromatic heterocycles. The first-order valence-corrected chi connectivity index (χ1v) is 8.11. The highest BCUT2D eigenvalue weighted by molar-refractivity contribution is 14.1. The first-order chi connectivity index (χ1) is 10.6. The Morgan fingerprint density at radius 3 is 3.09 bits per heavy atom. The molecule has 9 heteroatoms. The quantitative estimate of drug-likeness (QED) is 0.243. The summed E-state index contributed by atoms with van der Waals surface area (Å²) >= 11 is 8.09. The molecule has 3 rings (SSSR count). The third-order valence-corrected chi connectivity index (χ3v) is 3.99. The van der Waals surface area contributed by atoms with Gasteiger partial charge in [0, 0.05) is 29.0 Å². The van der Waals surface area contributed by atoms with Crippen LogP contribution in [0.1, 0.15) is 19.4 Å². The lowest BCUT2D eigenvalue weighted by molar-refractivity contribution is 0.0387. The monoisotopic (exact) mass is 434 g/mol. The number of fused-ring (bicyclic) bond motifs is 1. The third kappa shape index (κ3) is 3.02. The second kappa shape index (κ2) is 6.37. The summed E-state index contributed by atoms with van der Waals surface area (Å²) in [6.07, 6.45) is 5.08. The van der Waals surface area contributed by atoms with Gasteiger partial charge in [-0.25, -0.2) is 19.7 Å². The maximum atomic E-state index is 11.4. The minimum atomic E-state index is -0.659. The van der Waals surface area contributed by atoms with Gasteiger partial charge in [0.2, 0.25) is 0 Å². The summed E-state index contributed by atoms with van der Waals surface area (Å²) in [5, 5.41) is 0.328. The third-order valence-electron chi connectivity index (χ3n) is 3.24. The summed E-state index contributed by atoms with van der Waals surface area (Å²) in [4.78, 5) is 24.1. The number of carbonyl (C=O) groups excluding carboxylic acids is 1. The average Bonchev–Trinajstić information content (AvgIpc) is 3.05. The van der Waals surface area contributed by atoms with Crippen molar-refractivity contribution in [1.29, 1.82) is 0 Å². The lowest BCUT2D eigenvalue weighted by Crippen LogP contribution is -2.17. The summed E-state index contributed by atoms with van der Waals surface area (Å²) in [6, 6.07) is -0.00815. The zero-order valence-electron chi connectivity index (χ0n) is 11.6. The number of ether oxygens (including phenoxy) is 2. The molecule has 1 aliphatic carbocycles. The Balaban J connectivity index is 1.79. The standard InChI is InChI=1S/C13H12ClIN4O3/c1-2-21-13(20)22-8-4-3-7(5-8)19-6-16-9-10(14)17-12(15)18-11(9)19/h3-4,6-8H,2,5H2,1H3/t7-,8+/m0/s1. The number of carbonyl (C=O) groups is 1. The number of imidazole rings is 1. The van der Waals surface area contributed by atoms with Gasteiger partial charge in [0.1, 0.15) is 11.6 Å². The Hall–Kier alpha value is -1.42. The Kier molecular flexibility index (Phi) is 4.48. The molecule has 0 spiro atoms. The smallest absolute Gasteiger partial charge is 0.435 e. The maximum absolute atomic E-state index is 11.4. The van der Waals surface area contributed by atoms with E-state index in [1.807, 2.05) is 39.3 Å². The molecule has 0 saturated carbocycles. The highest BCUT2D eigenvalue weighted by atomic mass is 127. The van der Waals surface area contributed by atoms with Gasteiger partial charge in [-0.15, -0.1) is 0 Å². The Labute approximate surface area is 144 Å². The van der Waals surface area contributed by atoms with Gasteiger partial charge < -0.3 is 14.0 Å². The molecule has 0 bridgehead atoms. The van der Waals surface area contributed by atoms with Crippen molar-refractivity contribution in [3.63, 3.8) is 0 Å². The number of aromatic nitrogens is 4. The van der Waals surface area contributed by atoms with Gasteiger partial charge in [-0.05, 0) is 13.0 Å². The highest BCUT2D eigenvalue weighted by Gasteiger charge is 2.26. The molecule has 1 aliphatic rings. The van der Waals surface area contributed by atoms with Gasteiger partial charge >= 0.3 is 6.16 Å². The van der Waals surface area contributed by atoms with E-state index in [1.54, 1.807) is 13.3 Å². The fourth-order valence-electron chi connectivity index (χ4n) is 2.32. The van der Waals surface area contributed by atoms with Crippen molar-refractivity contribution in [2.45, 2.75) is 25.5 Å². The summed E-state index contributed by atoms with van der Waals surface area (Å²) in [6.45, 7) is 2.02. The fourth-order valence-corrected chi connectivity index (χ4v) is 3.14. The molecule has 2 atom stereocenters. The van der Waals surface area contributed by atoms with E-state index in [1.165, 1.54) is 0 Å². The summed E-state index contributed by atoms with van der Waals surface area (Å²) in [7, 11) is 0. The first-order valence-electron chi connectivity index (χ1n) is 6.65. The van der Waals surface area contributed by atoms with Crippen LogP contribution < -0.4 is 0 Å². The molecule has 0 aromatic carbocycles. The molecule has 0 unspecified atom stereocenters. The topological polar surface area (TPSA) is 79.1 Å². The average molecular weight is 435 g/mol. The Morgan fingerprint density at radius 1 is 1.50 bits per heavy atom. The predicted molar refractivity (Wildman–Crippen MR) is 87.7 cm³/mol. The van der Waals surface area contributed by atoms with Crippen LogP contribution in [-0.4, -0.2) is 38.4 Å². The van der Waals surface area contributed by atoms with Crippen LogP contribution in [0, 0.1) is 3.83 Å². The van der Waals surface area contributed by atoms with Crippen molar-refractivity contribution in [1.82, 2.24) is 19.5 Å². The van der Waals surface area contributed by atoms with E-state index in [0.29, 0.717) is 33.2 Å². The van der Waals surface area contributed by atoms with Crippen LogP contribution in [0.5, 0.6) is 0 Å². The van der Waals surface area contributed by atoms with Crippen molar-refractivity contribution >= 4 is 51.5 Å². The number of halogens is 2. The molecule has 116 valence electrons. The SMILES string of the molecule is CCOC(=O)O[C@@H]1C=C[C@H](n2cnc3c(Cl)nc(I)nc32)C1. The number of nitrogens with zero attached hydrogens (tertiary/aromatic N) is 4. The first kappa shape index (κ1) is 15.5. The lowest BCUT2D eigenvalue weighted by Gasteiger charge is -2.14. The van der Waals surface area contributed by atoms with Crippen LogP contribution in [0.2, 0.25) is 5.15 Å². The molecule has 0 radical (unpaired) electrons. The number of hydrogen-bond acceptors (Lipinski definition) is 6. The van der Waals surface area contributed by atoms with Crippen LogP contribution in [0.4, 0.5) is 4.79 Å². The van der Waals surface area contributed by atoms with E-state index in [-0.39, 0.29) is 12.1 Å². The predicted octanol–water partition coefficient (Wildman–Crippen LogP) is 3.13. The molecular weight excluding hydrogens is 423 g/mol. The molecule has 0 fully saturated rings. The van der Waals surface area contributed by atoms with Crippen molar-refractivity contribution < 1.29 is 14.3 Å². The van der Waals surface area contributed by atoms with Crippen LogP contribution in [0.25, 0.3) is 11.2 Å². The van der Waals surface area contributed by atoms with Crippen molar-refractivity contribution in [3.8, 4) is 0 Å². The summed E-state index contributed by atoms with van der Waals surface area (Å²) < 4.78 is 12.4. The molecule has 22 heavy (non-hydrogen) atoms. The van der Waals surface area contributed by atoms with E-state index in [9.17, 15) is 4.79 Å². The summed E-state index contributed by atoms with van der Waals surface area (Å²) in [5.41, 5.74) is 1.22. The Bertz CT molecular complexity index is 748. The van der Waals surface area contributed by atoms with E-state index in [2.05, 4.69) is 15.0 Å². The van der Waals surface area contributed by atoms with Gasteiger partial charge in [-0.2, -0.15) is 0 Å². The maximum Gasteiger partial charge on any atom is 0.508 e. The van der Waals surface area contributed by atoms with Gasteiger partial charge in [-0.3, -0.25) is 0 Å². The normalized spacial score (nSPS) is 20.5. The second-order valence-corrected chi connectivity index (χ2v) is 5.96. The molecule has 0 aliphatic heterocycles. The van der Waals surface area contributed by atoms with Crippen molar-refractivity contribution in [2.24, 2.45) is 0 Å². The number of hydrogen-bond donors (Lipinski definition) is 0. The van der Waals surface area contributed by atoms with Crippen LogP contribution >= 0.6 is 34.2 Å². The van der Waals surface area contributed by atoms with Gasteiger partial charge in [-0.1, -0.05) is 17.7 Å². The van der Waals surface area contributed by atoms with E-state index in [0.717, 1.165) is 0 Å². The van der Waals surface area contributed by atoms with Crippen LogP contribution in [-0.2, 0) is 9.47 Å². The number of rotatable bonds is 3. The van der Waals surface area contributed by atoms with Crippen LogP contribution in [0.3, 0.4) is 0 Å². The van der Waals surface area contributed by atoms with Gasteiger partial charge in [0.15, 0.2) is 14.6 Å². The van der Waals surface area contributed by atoms with Gasteiger partial charge in [0.05, 0.1) is 19.0 Å². The van der Waals surface area contributed by atoms with E-state index < -0.39 is 6.16 Å².